The second-order valence-electron chi connectivity index (χ2n) is 7.92. The molecule has 3 atom stereocenters. The third kappa shape index (κ3) is 4.89. The molecule has 8 heteroatoms. The van der Waals surface area contributed by atoms with E-state index in [1.807, 2.05) is 19.9 Å². The molecule has 32 heavy (non-hydrogen) atoms. The van der Waals surface area contributed by atoms with E-state index >= 15 is 0 Å². The fourth-order valence-corrected chi connectivity index (χ4v) is 5.07. The van der Waals surface area contributed by atoms with Gasteiger partial charge in [0.05, 0.1) is 12.7 Å². The maximum Gasteiger partial charge on any atom is 0.336 e. The Morgan fingerprint density at radius 3 is 2.72 bits per heavy atom. The van der Waals surface area contributed by atoms with Gasteiger partial charge in [0.2, 0.25) is 0 Å². The Hall–Kier alpha value is -2.25. The highest BCUT2D eigenvalue weighted by atomic mass is 35.5. The Balaban J connectivity index is 2.07. The second kappa shape index (κ2) is 10.6. The van der Waals surface area contributed by atoms with Crippen LogP contribution in [0.5, 0.6) is 0 Å². The van der Waals surface area contributed by atoms with Crippen LogP contribution in [0.4, 0.5) is 0 Å². The van der Waals surface area contributed by atoms with Gasteiger partial charge in [0, 0.05) is 33.7 Å². The zero-order valence-electron chi connectivity index (χ0n) is 18.7. The van der Waals surface area contributed by atoms with Crippen LogP contribution in [-0.2, 0) is 23.9 Å². The van der Waals surface area contributed by atoms with Gasteiger partial charge >= 0.3 is 11.9 Å². The van der Waals surface area contributed by atoms with Gasteiger partial charge < -0.3 is 14.8 Å². The van der Waals surface area contributed by atoms with E-state index in [1.165, 1.54) is 7.11 Å². The standard InChI is InChI=1S/C24H28ClNO5S/c1-5-32-10-9-31-24(29)19-14(3)26-17-11-13(2)18(23(28)30-4)22(27)21(17)20(19)15-7-6-8-16(25)12-15/h6-8,12-13,18,20,26H,5,9-11H2,1-4H3/t13-,18-,20-/m1/s1. The minimum atomic E-state index is -0.918. The molecule has 0 radical (unpaired) electrons. The average molecular weight is 478 g/mol. The molecule has 1 aliphatic heterocycles. The third-order valence-corrected chi connectivity index (χ3v) is 6.91. The molecule has 0 saturated heterocycles. The highest BCUT2D eigenvalue weighted by molar-refractivity contribution is 7.99. The van der Waals surface area contributed by atoms with Crippen molar-refractivity contribution < 1.29 is 23.9 Å². The summed E-state index contributed by atoms with van der Waals surface area (Å²) in [5, 5.41) is 3.75. The van der Waals surface area contributed by atoms with Crippen molar-refractivity contribution in [2.75, 3.05) is 25.2 Å². The summed E-state index contributed by atoms with van der Waals surface area (Å²) < 4.78 is 10.5. The predicted molar refractivity (Wildman–Crippen MR) is 125 cm³/mol. The lowest BCUT2D eigenvalue weighted by Crippen LogP contribution is -2.43. The molecular weight excluding hydrogens is 450 g/mol. The first-order chi connectivity index (χ1) is 15.3. The van der Waals surface area contributed by atoms with Crippen LogP contribution in [0.25, 0.3) is 0 Å². The number of Topliss-reactive ketones (excluding diaryl/α,β-unsaturated/α-hetero) is 1. The van der Waals surface area contributed by atoms with Crippen LogP contribution in [0, 0.1) is 11.8 Å². The van der Waals surface area contributed by atoms with Crippen LogP contribution in [0.3, 0.4) is 0 Å². The number of methoxy groups -OCH3 is 1. The largest absolute Gasteiger partial charge is 0.468 e. The molecular formula is C24H28ClNO5S. The molecule has 6 nitrogen and oxygen atoms in total. The average Bonchev–Trinajstić information content (AvgIpc) is 2.75. The van der Waals surface area contributed by atoms with Crippen molar-refractivity contribution in [3.63, 3.8) is 0 Å². The molecule has 3 rings (SSSR count). The van der Waals surface area contributed by atoms with Gasteiger partial charge in [0.25, 0.3) is 0 Å². The Morgan fingerprint density at radius 1 is 1.31 bits per heavy atom. The third-order valence-electron chi connectivity index (χ3n) is 5.81. The van der Waals surface area contributed by atoms with Crippen molar-refractivity contribution in [3.05, 3.63) is 57.4 Å². The molecule has 1 aromatic rings. The number of thioether (sulfide) groups is 1. The van der Waals surface area contributed by atoms with E-state index in [9.17, 15) is 14.4 Å². The summed E-state index contributed by atoms with van der Waals surface area (Å²) >= 11 is 7.94. The lowest BCUT2D eigenvalue weighted by Gasteiger charge is -2.38. The van der Waals surface area contributed by atoms with Gasteiger partial charge in [-0.2, -0.15) is 11.8 Å². The number of carbonyl (C=O) groups excluding carboxylic acids is 3. The molecule has 0 amide bonds. The lowest BCUT2D eigenvalue weighted by molar-refractivity contribution is -0.151. The van der Waals surface area contributed by atoms with E-state index in [0.717, 1.165) is 11.4 Å². The molecule has 1 heterocycles. The van der Waals surface area contributed by atoms with Crippen molar-refractivity contribution in [1.82, 2.24) is 5.32 Å². The van der Waals surface area contributed by atoms with Crippen molar-refractivity contribution >= 4 is 41.1 Å². The number of ether oxygens (including phenoxy) is 2. The molecule has 0 unspecified atom stereocenters. The first-order valence-electron chi connectivity index (χ1n) is 10.6. The molecule has 0 aromatic heterocycles. The number of hydrogen-bond donors (Lipinski definition) is 1. The number of nitrogens with one attached hydrogen (secondary N) is 1. The number of halogens is 1. The van der Waals surface area contributed by atoms with Crippen molar-refractivity contribution in [3.8, 4) is 0 Å². The summed E-state index contributed by atoms with van der Waals surface area (Å²) in [7, 11) is 1.28. The minimum Gasteiger partial charge on any atom is -0.468 e. The van der Waals surface area contributed by atoms with E-state index < -0.39 is 23.8 Å². The monoisotopic (exact) mass is 477 g/mol. The fraction of sp³-hybridized carbons (Fsp3) is 0.458. The predicted octanol–water partition coefficient (Wildman–Crippen LogP) is 4.25. The van der Waals surface area contributed by atoms with E-state index in [0.29, 0.717) is 39.6 Å². The van der Waals surface area contributed by atoms with Gasteiger partial charge in [0.15, 0.2) is 5.78 Å². The summed E-state index contributed by atoms with van der Waals surface area (Å²) in [5.41, 5.74) is 2.83. The molecule has 0 spiro atoms. The van der Waals surface area contributed by atoms with Crippen LogP contribution in [0.1, 0.15) is 38.7 Å². The van der Waals surface area contributed by atoms with Gasteiger partial charge in [-0.3, -0.25) is 9.59 Å². The second-order valence-corrected chi connectivity index (χ2v) is 9.75. The number of dihydropyridines is 1. The molecule has 1 aromatic carbocycles. The van der Waals surface area contributed by atoms with Crippen molar-refractivity contribution in [2.45, 2.75) is 33.1 Å². The summed E-state index contributed by atoms with van der Waals surface area (Å²) in [5.74, 6) is -1.57. The van der Waals surface area contributed by atoms with Gasteiger partial charge in [-0.05, 0) is 42.7 Å². The number of hydrogen-bond acceptors (Lipinski definition) is 7. The molecule has 2 aliphatic rings. The van der Waals surface area contributed by atoms with Crippen LogP contribution in [0.15, 0.2) is 46.8 Å². The maximum atomic E-state index is 13.6. The van der Waals surface area contributed by atoms with Crippen LogP contribution in [-0.4, -0.2) is 42.9 Å². The summed E-state index contributed by atoms with van der Waals surface area (Å²) in [4.78, 5) is 39.2. The number of allylic oxidation sites excluding steroid dienone is 3. The van der Waals surface area contributed by atoms with Crippen molar-refractivity contribution in [1.29, 1.82) is 0 Å². The Kier molecular flexibility index (Phi) is 8.06. The van der Waals surface area contributed by atoms with Crippen LogP contribution < -0.4 is 5.32 Å². The Bertz CT molecular complexity index is 986. The van der Waals surface area contributed by atoms with Crippen molar-refractivity contribution in [2.24, 2.45) is 11.8 Å². The number of carbonyl (C=O) groups is 3. The zero-order chi connectivity index (χ0) is 23.4. The van der Waals surface area contributed by atoms with E-state index in [1.54, 1.807) is 36.9 Å². The quantitative estimate of drug-likeness (QED) is 0.357. The number of esters is 2. The molecule has 0 bridgehead atoms. The lowest BCUT2D eigenvalue weighted by atomic mass is 9.69. The Labute approximate surface area is 197 Å². The summed E-state index contributed by atoms with van der Waals surface area (Å²) in [6, 6.07) is 7.09. The van der Waals surface area contributed by atoms with E-state index in [2.05, 4.69) is 5.32 Å². The van der Waals surface area contributed by atoms with Crippen LogP contribution in [0.2, 0.25) is 5.02 Å². The molecule has 0 fully saturated rings. The Morgan fingerprint density at radius 2 is 2.06 bits per heavy atom. The topological polar surface area (TPSA) is 81.7 Å². The molecule has 1 N–H and O–H groups in total. The molecule has 172 valence electrons. The molecule has 0 saturated carbocycles. The number of rotatable bonds is 7. The highest BCUT2D eigenvalue weighted by Crippen LogP contribution is 2.45. The zero-order valence-corrected chi connectivity index (χ0v) is 20.3. The highest BCUT2D eigenvalue weighted by Gasteiger charge is 2.47. The van der Waals surface area contributed by atoms with Crippen LogP contribution >= 0.6 is 23.4 Å². The minimum absolute atomic E-state index is 0.228. The smallest absolute Gasteiger partial charge is 0.336 e. The van der Waals surface area contributed by atoms with Gasteiger partial charge in [-0.1, -0.05) is 37.6 Å². The first kappa shape index (κ1) is 24.4. The summed E-state index contributed by atoms with van der Waals surface area (Å²) in [6.07, 6.45) is 0.491. The van der Waals surface area contributed by atoms with Gasteiger partial charge in [-0.15, -0.1) is 0 Å². The number of ketones is 1. The van der Waals surface area contributed by atoms with E-state index in [4.69, 9.17) is 21.1 Å². The first-order valence-corrected chi connectivity index (χ1v) is 12.2. The normalized spacial score (nSPS) is 22.9. The van der Waals surface area contributed by atoms with Gasteiger partial charge in [-0.25, -0.2) is 4.79 Å². The maximum absolute atomic E-state index is 13.6. The van der Waals surface area contributed by atoms with E-state index in [-0.39, 0.29) is 18.3 Å². The van der Waals surface area contributed by atoms with Gasteiger partial charge in [0.1, 0.15) is 12.5 Å². The number of benzene rings is 1. The summed E-state index contributed by atoms with van der Waals surface area (Å²) in [6.45, 7) is 5.98. The molecule has 1 aliphatic carbocycles. The fourth-order valence-electron chi connectivity index (χ4n) is 4.39. The SMILES string of the molecule is CCSCCOC(=O)C1=C(C)NC2=C(C(=O)[C@H](C(=O)OC)[C@H](C)C2)[C@@H]1c1cccc(Cl)c1.